The Morgan fingerprint density at radius 1 is 1.45 bits per heavy atom. The van der Waals surface area contributed by atoms with Gasteiger partial charge in [-0.1, -0.05) is 12.1 Å². The van der Waals surface area contributed by atoms with E-state index in [0.717, 1.165) is 6.26 Å². The fourth-order valence-electron chi connectivity index (χ4n) is 2.72. The smallest absolute Gasteiger partial charge is 0.410 e. The highest BCUT2D eigenvalue weighted by Gasteiger charge is 2.35. The number of hydrogen-bond acceptors (Lipinski definition) is 5. The molecule has 22 heavy (non-hydrogen) atoms. The summed E-state index contributed by atoms with van der Waals surface area (Å²) < 4.78 is 10.2. The minimum Gasteiger partial charge on any atom is -0.478 e. The Balaban J connectivity index is 2.06. The maximum absolute atomic E-state index is 12.1. The number of carboxylic acid groups (broad SMARTS) is 1. The van der Waals surface area contributed by atoms with Crippen LogP contribution in [-0.2, 0) is 4.74 Å². The largest absolute Gasteiger partial charge is 0.478 e. The molecule has 1 aliphatic heterocycles. The molecule has 1 aliphatic rings. The number of piperidine rings is 1. The van der Waals surface area contributed by atoms with E-state index in [-0.39, 0.29) is 23.5 Å². The molecule has 2 rings (SSSR count). The zero-order valence-corrected chi connectivity index (χ0v) is 13.3. The number of rotatable bonds is 2. The second-order valence-corrected chi connectivity index (χ2v) is 6.72. The van der Waals surface area contributed by atoms with E-state index in [1.807, 2.05) is 27.7 Å². The molecule has 7 heteroatoms. The average Bonchev–Trinajstić information content (AvgIpc) is 2.85. The summed E-state index contributed by atoms with van der Waals surface area (Å²) in [5.74, 6) is -1.01. The van der Waals surface area contributed by atoms with Crippen molar-refractivity contribution in [3.63, 3.8) is 0 Å². The number of aromatic nitrogens is 1. The number of amides is 1. The van der Waals surface area contributed by atoms with E-state index in [0.29, 0.717) is 25.2 Å². The lowest BCUT2D eigenvalue weighted by atomic mass is 9.83. The van der Waals surface area contributed by atoms with Crippen LogP contribution in [0.2, 0.25) is 0 Å². The predicted molar refractivity (Wildman–Crippen MR) is 77.8 cm³/mol. The molecule has 0 bridgehead atoms. The number of nitrogens with zero attached hydrogens (tertiary/aromatic N) is 2. The topological polar surface area (TPSA) is 92.9 Å². The van der Waals surface area contributed by atoms with Gasteiger partial charge in [0.05, 0.1) is 0 Å². The van der Waals surface area contributed by atoms with Crippen molar-refractivity contribution in [2.24, 2.45) is 5.92 Å². The van der Waals surface area contributed by atoms with E-state index in [4.69, 9.17) is 14.4 Å². The molecule has 2 atom stereocenters. The second kappa shape index (κ2) is 5.98. The van der Waals surface area contributed by atoms with Crippen molar-refractivity contribution < 1.29 is 24.0 Å². The molecule has 122 valence electrons. The quantitative estimate of drug-likeness (QED) is 0.902. The Bertz CT molecular complexity index is 561. The Kier molecular flexibility index (Phi) is 4.44. The number of carboxylic acids is 1. The first kappa shape index (κ1) is 16.3. The Morgan fingerprint density at radius 2 is 2.14 bits per heavy atom. The van der Waals surface area contributed by atoms with Crippen molar-refractivity contribution in [3.8, 4) is 0 Å². The summed E-state index contributed by atoms with van der Waals surface area (Å²) in [7, 11) is 0. The molecule has 1 saturated heterocycles. The van der Waals surface area contributed by atoms with Crippen LogP contribution in [0.4, 0.5) is 4.79 Å². The summed E-state index contributed by atoms with van der Waals surface area (Å²) in [6.07, 6.45) is 1.45. The Hall–Kier alpha value is -2.05. The number of carbonyl (C=O) groups excluding carboxylic acids is 1. The first-order valence-corrected chi connectivity index (χ1v) is 7.34. The molecule has 0 spiro atoms. The van der Waals surface area contributed by atoms with E-state index in [1.54, 1.807) is 4.90 Å². The summed E-state index contributed by atoms with van der Waals surface area (Å²) in [6.45, 7) is 8.48. The van der Waals surface area contributed by atoms with Crippen LogP contribution in [0.1, 0.15) is 56.1 Å². The first-order valence-electron chi connectivity index (χ1n) is 7.34. The van der Waals surface area contributed by atoms with Gasteiger partial charge in [0, 0.05) is 19.0 Å². The van der Waals surface area contributed by atoms with Crippen molar-refractivity contribution in [1.29, 1.82) is 0 Å². The van der Waals surface area contributed by atoms with Gasteiger partial charge in [-0.3, -0.25) is 0 Å². The molecule has 2 heterocycles. The normalized spacial score (nSPS) is 22.5. The van der Waals surface area contributed by atoms with E-state index in [9.17, 15) is 9.59 Å². The molecular weight excluding hydrogens is 288 g/mol. The van der Waals surface area contributed by atoms with Gasteiger partial charge in [-0.25, -0.2) is 9.59 Å². The standard InChI is InChI=1S/C15H22N2O5/c1-9-7-17(14(20)22-15(2,3)4)6-5-10(9)12-11(13(18)19)8-21-16-12/h8-10H,5-7H2,1-4H3,(H,18,19)/t9-,10+/m0/s1. The van der Waals surface area contributed by atoms with Gasteiger partial charge < -0.3 is 19.3 Å². The zero-order valence-electron chi connectivity index (χ0n) is 13.3. The van der Waals surface area contributed by atoms with Crippen molar-refractivity contribution in [3.05, 3.63) is 17.5 Å². The van der Waals surface area contributed by atoms with Crippen LogP contribution in [0.5, 0.6) is 0 Å². The highest BCUT2D eigenvalue weighted by atomic mass is 16.6. The number of aromatic carboxylic acids is 1. The molecule has 1 N–H and O–H groups in total. The van der Waals surface area contributed by atoms with Gasteiger partial charge in [-0.05, 0) is 33.1 Å². The van der Waals surface area contributed by atoms with Gasteiger partial charge in [0.25, 0.3) is 0 Å². The Morgan fingerprint density at radius 3 is 2.68 bits per heavy atom. The Labute approximate surface area is 129 Å². The van der Waals surface area contributed by atoms with E-state index >= 15 is 0 Å². The van der Waals surface area contributed by atoms with Crippen LogP contribution in [0.25, 0.3) is 0 Å². The lowest BCUT2D eigenvalue weighted by Gasteiger charge is -2.36. The van der Waals surface area contributed by atoms with Crippen LogP contribution >= 0.6 is 0 Å². The zero-order chi connectivity index (χ0) is 16.5. The van der Waals surface area contributed by atoms with E-state index in [2.05, 4.69) is 5.16 Å². The average molecular weight is 310 g/mol. The lowest BCUT2D eigenvalue weighted by molar-refractivity contribution is 0.0151. The van der Waals surface area contributed by atoms with Crippen molar-refractivity contribution >= 4 is 12.1 Å². The maximum atomic E-state index is 12.1. The van der Waals surface area contributed by atoms with Crippen LogP contribution in [0.15, 0.2) is 10.8 Å². The third-order valence-corrected chi connectivity index (χ3v) is 3.74. The van der Waals surface area contributed by atoms with Crippen LogP contribution in [0, 0.1) is 5.92 Å². The van der Waals surface area contributed by atoms with Crippen molar-refractivity contribution in [2.45, 2.75) is 45.6 Å². The number of hydrogen-bond donors (Lipinski definition) is 1. The molecule has 1 amide bonds. The monoisotopic (exact) mass is 310 g/mol. The molecule has 1 aromatic heterocycles. The molecule has 0 unspecified atom stereocenters. The maximum Gasteiger partial charge on any atom is 0.410 e. The molecule has 0 radical (unpaired) electrons. The summed E-state index contributed by atoms with van der Waals surface area (Å²) >= 11 is 0. The molecule has 0 aromatic carbocycles. The van der Waals surface area contributed by atoms with E-state index in [1.165, 1.54) is 0 Å². The van der Waals surface area contributed by atoms with Gasteiger partial charge in [0.1, 0.15) is 23.1 Å². The van der Waals surface area contributed by atoms with Gasteiger partial charge in [0.2, 0.25) is 0 Å². The van der Waals surface area contributed by atoms with Crippen molar-refractivity contribution in [2.75, 3.05) is 13.1 Å². The molecule has 1 fully saturated rings. The fourth-order valence-corrected chi connectivity index (χ4v) is 2.72. The predicted octanol–water partition coefficient (Wildman–Crippen LogP) is 2.73. The van der Waals surface area contributed by atoms with Gasteiger partial charge in [0.15, 0.2) is 0 Å². The number of likely N-dealkylation sites (tertiary alicyclic amines) is 1. The summed E-state index contributed by atoms with van der Waals surface area (Å²) in [6, 6.07) is 0. The van der Waals surface area contributed by atoms with Crippen LogP contribution in [-0.4, -0.2) is 45.9 Å². The molecule has 0 saturated carbocycles. The highest BCUT2D eigenvalue weighted by molar-refractivity contribution is 5.88. The van der Waals surface area contributed by atoms with Crippen molar-refractivity contribution in [1.82, 2.24) is 10.1 Å². The number of ether oxygens (including phenoxy) is 1. The molecular formula is C15H22N2O5. The lowest BCUT2D eigenvalue weighted by Crippen LogP contribution is -2.44. The number of carbonyl (C=O) groups is 2. The molecule has 1 aromatic rings. The summed E-state index contributed by atoms with van der Waals surface area (Å²) in [5.41, 5.74) is 0.0335. The van der Waals surface area contributed by atoms with Gasteiger partial charge in [-0.2, -0.15) is 0 Å². The summed E-state index contributed by atoms with van der Waals surface area (Å²) in [5, 5.41) is 13.0. The third kappa shape index (κ3) is 3.58. The SMILES string of the molecule is C[C@H]1CN(C(=O)OC(C)(C)C)CC[C@H]1c1nocc1C(=O)O. The van der Waals surface area contributed by atoms with Gasteiger partial charge >= 0.3 is 12.1 Å². The first-order chi connectivity index (χ1) is 10.2. The molecule has 7 nitrogen and oxygen atoms in total. The van der Waals surface area contributed by atoms with Crippen LogP contribution < -0.4 is 0 Å². The summed E-state index contributed by atoms with van der Waals surface area (Å²) in [4.78, 5) is 24.9. The fraction of sp³-hybridized carbons (Fsp3) is 0.667. The van der Waals surface area contributed by atoms with E-state index < -0.39 is 11.6 Å². The minimum absolute atomic E-state index is 0.0384. The molecule has 0 aliphatic carbocycles. The third-order valence-electron chi connectivity index (χ3n) is 3.74. The van der Waals surface area contributed by atoms with Crippen LogP contribution in [0.3, 0.4) is 0 Å². The van der Waals surface area contributed by atoms with Gasteiger partial charge in [-0.15, -0.1) is 0 Å². The minimum atomic E-state index is -1.04. The second-order valence-electron chi connectivity index (χ2n) is 6.72. The highest BCUT2D eigenvalue weighted by Crippen LogP contribution is 2.34.